The summed E-state index contributed by atoms with van der Waals surface area (Å²) in [6.45, 7) is 1.21. The normalized spacial score (nSPS) is 26.3. The zero-order chi connectivity index (χ0) is 14.7. The summed E-state index contributed by atoms with van der Waals surface area (Å²) in [4.78, 5) is 4.72. The molecule has 2 aromatic carbocycles. The van der Waals surface area contributed by atoms with E-state index in [0.717, 1.165) is 11.0 Å². The van der Waals surface area contributed by atoms with E-state index in [1.165, 1.54) is 0 Å². The summed E-state index contributed by atoms with van der Waals surface area (Å²) < 4.78 is 14.3. The van der Waals surface area contributed by atoms with E-state index in [0.29, 0.717) is 24.5 Å². The largest absolute Gasteiger partial charge is 0.507 e. The van der Waals surface area contributed by atoms with Gasteiger partial charge in [-0.25, -0.2) is 4.98 Å². The fourth-order valence-electron chi connectivity index (χ4n) is 3.45. The minimum Gasteiger partial charge on any atom is -0.507 e. The molecule has 0 radical (unpaired) electrons. The number of hydrogen-bond acceptors (Lipinski definition) is 4. The second kappa shape index (κ2) is 4.09. The highest BCUT2D eigenvalue weighted by Crippen LogP contribution is 2.47. The molecule has 2 aliphatic rings. The molecule has 3 heterocycles. The maximum Gasteiger partial charge on any atom is 0.260 e. The van der Waals surface area contributed by atoms with Gasteiger partial charge in [0.15, 0.2) is 5.82 Å². The Kier molecular flexibility index (Phi) is 2.27. The lowest BCUT2D eigenvalue weighted by atomic mass is 10.0. The number of hydrogen-bond donors (Lipinski definition) is 1. The summed E-state index contributed by atoms with van der Waals surface area (Å²) in [6.07, 6.45) is -0.0373. The Bertz CT molecular complexity index is 888. The van der Waals surface area contributed by atoms with E-state index in [2.05, 4.69) is 10.6 Å². The van der Waals surface area contributed by atoms with E-state index < -0.39 is 5.79 Å². The van der Waals surface area contributed by atoms with Crippen molar-refractivity contribution in [3.8, 4) is 5.75 Å². The molecule has 22 heavy (non-hydrogen) atoms. The van der Waals surface area contributed by atoms with Gasteiger partial charge in [-0.15, -0.1) is 0 Å². The van der Waals surface area contributed by atoms with Crippen LogP contribution in [0.3, 0.4) is 0 Å². The second-order valence-electron chi connectivity index (χ2n) is 5.72. The third kappa shape index (κ3) is 1.42. The Morgan fingerprint density at radius 3 is 2.86 bits per heavy atom. The fraction of sp³-hybridized carbons (Fsp3) is 0.235. The number of aromatic hydroxyl groups is 1. The maximum atomic E-state index is 10.3. The summed E-state index contributed by atoms with van der Waals surface area (Å²) in [5, 5.41) is 10.3. The summed E-state index contributed by atoms with van der Waals surface area (Å²) >= 11 is 0. The van der Waals surface area contributed by atoms with Crippen molar-refractivity contribution >= 4 is 11.0 Å². The molecule has 3 aromatic rings. The van der Waals surface area contributed by atoms with Crippen LogP contribution in [0.2, 0.25) is 0 Å². The Hall–Kier alpha value is -2.37. The third-order valence-corrected chi connectivity index (χ3v) is 4.40. The van der Waals surface area contributed by atoms with Gasteiger partial charge in [0.05, 0.1) is 29.7 Å². The van der Waals surface area contributed by atoms with Crippen LogP contribution in [0.15, 0.2) is 48.5 Å². The quantitative estimate of drug-likeness (QED) is 0.748. The predicted molar refractivity (Wildman–Crippen MR) is 79.4 cm³/mol. The van der Waals surface area contributed by atoms with Gasteiger partial charge >= 0.3 is 0 Å². The van der Waals surface area contributed by atoms with Crippen LogP contribution >= 0.6 is 0 Å². The van der Waals surface area contributed by atoms with Gasteiger partial charge in [0.2, 0.25) is 0 Å². The molecule has 1 saturated heterocycles. The van der Waals surface area contributed by atoms with Gasteiger partial charge in [-0.2, -0.15) is 0 Å². The minimum atomic E-state index is -1.12. The topological polar surface area (TPSA) is 56.5 Å². The van der Waals surface area contributed by atoms with Gasteiger partial charge < -0.3 is 19.1 Å². The SMILES string of the molecule is Oc1ccccc1C12OCC(Cn3c1nc1ccccc13)O2. The number of rotatable bonds is 1. The van der Waals surface area contributed by atoms with Gasteiger partial charge in [0.1, 0.15) is 11.9 Å². The number of phenolic OH excluding ortho intramolecular Hbond substituents is 1. The van der Waals surface area contributed by atoms with Crippen molar-refractivity contribution < 1.29 is 14.6 Å². The summed E-state index contributed by atoms with van der Waals surface area (Å²) in [6, 6.07) is 15.1. The van der Waals surface area contributed by atoms with Crippen molar-refractivity contribution in [2.45, 2.75) is 18.4 Å². The molecular formula is C17H14N2O3. The lowest BCUT2D eigenvalue weighted by Crippen LogP contribution is -2.38. The number of aromatic nitrogens is 2. The van der Waals surface area contributed by atoms with Crippen LogP contribution in [0.5, 0.6) is 5.75 Å². The molecular weight excluding hydrogens is 280 g/mol. The lowest BCUT2D eigenvalue weighted by Gasteiger charge is -2.32. The van der Waals surface area contributed by atoms with E-state index in [4.69, 9.17) is 14.5 Å². The second-order valence-corrected chi connectivity index (χ2v) is 5.72. The molecule has 0 spiro atoms. The lowest BCUT2D eigenvalue weighted by molar-refractivity contribution is -0.163. The molecule has 1 aromatic heterocycles. The van der Waals surface area contributed by atoms with Crippen LogP contribution < -0.4 is 0 Å². The standard InChI is InChI=1S/C17H14N2O3/c20-15-8-4-1-5-12(15)17-16-18-13-6-2-3-7-14(13)19(16)9-11(22-17)10-21-17/h1-8,11,20H,9-10H2. The minimum absolute atomic E-state index is 0.0373. The van der Waals surface area contributed by atoms with Crippen molar-refractivity contribution in [2.24, 2.45) is 0 Å². The van der Waals surface area contributed by atoms with Crippen LogP contribution in [-0.4, -0.2) is 27.4 Å². The Morgan fingerprint density at radius 2 is 1.95 bits per heavy atom. The molecule has 1 N–H and O–H groups in total. The summed E-state index contributed by atoms with van der Waals surface area (Å²) in [5.74, 6) is -0.264. The van der Waals surface area contributed by atoms with E-state index in [-0.39, 0.29) is 11.9 Å². The van der Waals surface area contributed by atoms with E-state index in [1.807, 2.05) is 30.3 Å². The monoisotopic (exact) mass is 294 g/mol. The smallest absolute Gasteiger partial charge is 0.260 e. The van der Waals surface area contributed by atoms with Crippen LogP contribution in [0, 0.1) is 0 Å². The van der Waals surface area contributed by atoms with Crippen molar-refractivity contribution in [2.75, 3.05) is 6.61 Å². The van der Waals surface area contributed by atoms with Gasteiger partial charge in [-0.05, 0) is 24.3 Å². The number of fused-ring (bicyclic) bond motifs is 6. The molecule has 5 rings (SSSR count). The molecule has 0 amide bonds. The molecule has 0 saturated carbocycles. The van der Waals surface area contributed by atoms with Crippen molar-refractivity contribution in [1.29, 1.82) is 0 Å². The number of ether oxygens (including phenoxy) is 2. The first-order valence-electron chi connectivity index (χ1n) is 7.34. The number of imidazole rings is 1. The summed E-state index contributed by atoms with van der Waals surface area (Å²) in [5.41, 5.74) is 2.58. The number of para-hydroxylation sites is 3. The van der Waals surface area contributed by atoms with Crippen LogP contribution in [0.4, 0.5) is 0 Å². The molecule has 2 unspecified atom stereocenters. The van der Waals surface area contributed by atoms with Gasteiger partial charge in [0.25, 0.3) is 5.79 Å². The van der Waals surface area contributed by atoms with Gasteiger partial charge in [-0.1, -0.05) is 24.3 Å². The molecule has 2 atom stereocenters. The van der Waals surface area contributed by atoms with Crippen LogP contribution in [-0.2, 0) is 21.8 Å². The van der Waals surface area contributed by atoms with E-state index in [9.17, 15) is 5.11 Å². The molecule has 0 aliphatic carbocycles. The van der Waals surface area contributed by atoms with Crippen molar-refractivity contribution in [1.82, 2.24) is 9.55 Å². The Balaban J connectivity index is 1.83. The summed E-state index contributed by atoms with van der Waals surface area (Å²) in [7, 11) is 0. The zero-order valence-electron chi connectivity index (χ0n) is 11.8. The predicted octanol–water partition coefficient (Wildman–Crippen LogP) is 2.37. The first-order chi connectivity index (χ1) is 10.8. The fourth-order valence-corrected chi connectivity index (χ4v) is 3.45. The number of phenols is 1. The molecule has 2 bridgehead atoms. The van der Waals surface area contributed by atoms with Gasteiger partial charge in [0, 0.05) is 0 Å². The van der Waals surface area contributed by atoms with Crippen LogP contribution in [0.1, 0.15) is 11.4 Å². The Labute approximate surface area is 126 Å². The first-order valence-corrected chi connectivity index (χ1v) is 7.34. The third-order valence-electron chi connectivity index (χ3n) is 4.40. The van der Waals surface area contributed by atoms with E-state index in [1.54, 1.807) is 12.1 Å². The van der Waals surface area contributed by atoms with Gasteiger partial charge in [-0.3, -0.25) is 0 Å². The number of nitrogens with zero attached hydrogens (tertiary/aromatic N) is 2. The van der Waals surface area contributed by atoms with Crippen LogP contribution in [0.25, 0.3) is 11.0 Å². The highest BCUT2D eigenvalue weighted by molar-refractivity contribution is 5.76. The average Bonchev–Trinajstić information content (AvgIpc) is 3.09. The first kappa shape index (κ1) is 12.2. The zero-order valence-corrected chi connectivity index (χ0v) is 11.8. The molecule has 2 aliphatic heterocycles. The maximum absolute atomic E-state index is 10.3. The molecule has 1 fully saturated rings. The van der Waals surface area contributed by atoms with E-state index >= 15 is 0 Å². The highest BCUT2D eigenvalue weighted by atomic mass is 16.7. The van der Waals surface area contributed by atoms with Crippen molar-refractivity contribution in [3.63, 3.8) is 0 Å². The Morgan fingerprint density at radius 1 is 1.14 bits per heavy atom. The van der Waals surface area contributed by atoms with Crippen molar-refractivity contribution in [3.05, 3.63) is 59.9 Å². The molecule has 110 valence electrons. The highest BCUT2D eigenvalue weighted by Gasteiger charge is 2.53. The average molecular weight is 294 g/mol. The molecule has 5 heteroatoms. The number of benzene rings is 2. The molecule has 5 nitrogen and oxygen atoms in total.